The van der Waals surface area contributed by atoms with E-state index in [1.54, 1.807) is 37.4 Å². The summed E-state index contributed by atoms with van der Waals surface area (Å²) in [5.74, 6) is -3.06. The smallest absolute Gasteiger partial charge is 0.294 e. The number of aryl methyl sites for hydroxylation is 2. The second-order valence-electron chi connectivity index (χ2n) is 8.02. The molecule has 0 radical (unpaired) electrons. The van der Waals surface area contributed by atoms with Crippen molar-refractivity contribution in [3.05, 3.63) is 104 Å². The quantitative estimate of drug-likeness (QED) is 0.123. The highest BCUT2D eigenvalue weighted by molar-refractivity contribution is 6.35. The molecule has 3 rings (SSSR count). The second kappa shape index (κ2) is 11.5. The monoisotopic (exact) mass is 543 g/mol. The van der Waals surface area contributed by atoms with Crippen LogP contribution >= 0.6 is 34.8 Å². The van der Waals surface area contributed by atoms with E-state index in [0.29, 0.717) is 41.1 Å². The summed E-state index contributed by atoms with van der Waals surface area (Å²) in [6.07, 6.45) is 0.896. The Balaban J connectivity index is 1.72. The molecule has 1 aromatic heterocycles. The van der Waals surface area contributed by atoms with E-state index in [1.165, 1.54) is 6.08 Å². The van der Waals surface area contributed by atoms with Crippen LogP contribution in [-0.2, 0) is 6.42 Å². The first-order chi connectivity index (χ1) is 16.5. The average molecular weight is 545 g/mol. The van der Waals surface area contributed by atoms with Crippen molar-refractivity contribution in [1.82, 2.24) is 4.98 Å². The number of allylic oxidation sites excluding steroid dienone is 1. The standard InChI is InChI=1S/C26H20Cl3F4NO/c1-15-11-16(5-8-19(15)23(35)4-2-3-17-7-10-24(29)34-14-17)6-9-20(26(31,32)33)18-12-21(27)25(30)22(28)13-18/h5-14,20H,2-4H2,1H3/b9-6+. The summed E-state index contributed by atoms with van der Waals surface area (Å²) in [6.45, 7) is 1.73. The summed E-state index contributed by atoms with van der Waals surface area (Å²) in [5.41, 5.74) is 2.36. The zero-order chi connectivity index (χ0) is 25.8. The first kappa shape index (κ1) is 27.2. The third-order valence-corrected chi connectivity index (χ3v) is 6.18. The lowest BCUT2D eigenvalue weighted by Crippen LogP contribution is -2.19. The summed E-state index contributed by atoms with van der Waals surface area (Å²) in [7, 11) is 0. The third-order valence-electron chi connectivity index (χ3n) is 5.41. The van der Waals surface area contributed by atoms with Gasteiger partial charge in [0, 0.05) is 18.2 Å². The highest BCUT2D eigenvalue weighted by Crippen LogP contribution is 2.39. The van der Waals surface area contributed by atoms with Gasteiger partial charge in [0.25, 0.3) is 0 Å². The van der Waals surface area contributed by atoms with Crippen molar-refractivity contribution in [3.8, 4) is 0 Å². The number of rotatable bonds is 8. The predicted molar refractivity (Wildman–Crippen MR) is 132 cm³/mol. The van der Waals surface area contributed by atoms with Crippen LogP contribution in [0.3, 0.4) is 0 Å². The Labute approximate surface area is 215 Å². The minimum absolute atomic E-state index is 0.0521. The number of halogens is 7. The van der Waals surface area contributed by atoms with Gasteiger partial charge >= 0.3 is 6.18 Å². The average Bonchev–Trinajstić information content (AvgIpc) is 2.78. The van der Waals surface area contributed by atoms with Crippen LogP contribution in [-0.4, -0.2) is 16.9 Å². The van der Waals surface area contributed by atoms with E-state index < -0.39 is 28.0 Å². The molecule has 0 N–H and O–H groups in total. The molecule has 1 unspecified atom stereocenters. The minimum Gasteiger partial charge on any atom is -0.294 e. The lowest BCUT2D eigenvalue weighted by Gasteiger charge is -2.18. The molecule has 0 aliphatic rings. The molecule has 1 atom stereocenters. The molecule has 9 heteroatoms. The van der Waals surface area contributed by atoms with Gasteiger partial charge in [-0.15, -0.1) is 0 Å². The van der Waals surface area contributed by atoms with Crippen LogP contribution in [0.5, 0.6) is 0 Å². The molecule has 0 bridgehead atoms. The SMILES string of the molecule is Cc1cc(/C=C/C(c2cc(Cl)c(F)c(Cl)c2)C(F)(F)F)ccc1C(=O)CCCc1ccc(Cl)nc1. The number of carbonyl (C=O) groups is 1. The van der Waals surface area contributed by atoms with Gasteiger partial charge < -0.3 is 0 Å². The lowest BCUT2D eigenvalue weighted by molar-refractivity contribution is -0.139. The number of Topliss-reactive ketones (excluding diaryl/α,β-unsaturated/α-hetero) is 1. The summed E-state index contributed by atoms with van der Waals surface area (Å²) in [6, 6.07) is 10.2. The van der Waals surface area contributed by atoms with Gasteiger partial charge in [0.05, 0.1) is 16.0 Å². The Kier molecular flexibility index (Phi) is 8.97. The van der Waals surface area contributed by atoms with Crippen molar-refractivity contribution in [1.29, 1.82) is 0 Å². The van der Waals surface area contributed by atoms with Crippen LogP contribution < -0.4 is 0 Å². The normalized spacial score (nSPS) is 12.8. The Morgan fingerprint density at radius 1 is 1.06 bits per heavy atom. The van der Waals surface area contributed by atoms with E-state index in [9.17, 15) is 22.4 Å². The summed E-state index contributed by atoms with van der Waals surface area (Å²) < 4.78 is 54.7. The second-order valence-corrected chi connectivity index (χ2v) is 9.22. The Bertz CT molecular complexity index is 1220. The van der Waals surface area contributed by atoms with Crippen LogP contribution in [0, 0.1) is 12.7 Å². The molecule has 1 heterocycles. The van der Waals surface area contributed by atoms with E-state index in [1.807, 2.05) is 6.07 Å². The Morgan fingerprint density at radius 3 is 2.31 bits per heavy atom. The largest absolute Gasteiger partial charge is 0.399 e. The lowest BCUT2D eigenvalue weighted by atomic mass is 9.95. The number of hydrogen-bond donors (Lipinski definition) is 0. The molecule has 0 amide bonds. The maximum Gasteiger partial charge on any atom is 0.399 e. The van der Waals surface area contributed by atoms with Gasteiger partial charge in [0.2, 0.25) is 0 Å². The number of alkyl halides is 3. The minimum atomic E-state index is -4.65. The Morgan fingerprint density at radius 2 is 1.74 bits per heavy atom. The fourth-order valence-corrected chi connectivity index (χ4v) is 4.23. The van der Waals surface area contributed by atoms with E-state index in [-0.39, 0.29) is 11.3 Å². The first-order valence-corrected chi connectivity index (χ1v) is 11.7. The van der Waals surface area contributed by atoms with Crippen LogP contribution in [0.15, 0.2) is 54.7 Å². The number of hydrogen-bond acceptors (Lipinski definition) is 2. The molecule has 2 aromatic carbocycles. The Hall–Kier alpha value is -2.41. The van der Waals surface area contributed by atoms with Gasteiger partial charge in [0.15, 0.2) is 11.6 Å². The van der Waals surface area contributed by atoms with Gasteiger partial charge in [-0.1, -0.05) is 71.2 Å². The molecule has 0 saturated heterocycles. The molecule has 0 aliphatic carbocycles. The van der Waals surface area contributed by atoms with Crippen molar-refractivity contribution in [3.63, 3.8) is 0 Å². The summed E-state index contributed by atoms with van der Waals surface area (Å²) in [4.78, 5) is 16.6. The fraction of sp³-hybridized carbons (Fsp3) is 0.231. The van der Waals surface area contributed by atoms with Crippen LogP contribution in [0.25, 0.3) is 6.08 Å². The van der Waals surface area contributed by atoms with E-state index >= 15 is 0 Å². The van der Waals surface area contributed by atoms with Crippen molar-refractivity contribution in [2.45, 2.75) is 38.3 Å². The summed E-state index contributed by atoms with van der Waals surface area (Å²) in [5, 5.41) is -0.566. The summed E-state index contributed by atoms with van der Waals surface area (Å²) >= 11 is 17.1. The fourth-order valence-electron chi connectivity index (χ4n) is 3.62. The van der Waals surface area contributed by atoms with Crippen molar-refractivity contribution in [2.75, 3.05) is 0 Å². The maximum absolute atomic E-state index is 13.7. The molecular formula is C26H20Cl3F4NO. The number of aromatic nitrogens is 1. The number of ketones is 1. The van der Waals surface area contributed by atoms with Gasteiger partial charge in [-0.3, -0.25) is 4.79 Å². The predicted octanol–water partition coefficient (Wildman–Crippen LogP) is 9.05. The molecular weight excluding hydrogens is 525 g/mol. The molecule has 0 saturated carbocycles. The van der Waals surface area contributed by atoms with Gasteiger partial charge in [-0.05, 0) is 60.2 Å². The zero-order valence-corrected chi connectivity index (χ0v) is 20.7. The van der Waals surface area contributed by atoms with Crippen molar-refractivity contribution in [2.24, 2.45) is 0 Å². The number of nitrogens with zero attached hydrogens (tertiary/aromatic N) is 1. The molecule has 2 nitrogen and oxygen atoms in total. The number of pyridine rings is 1. The van der Waals surface area contributed by atoms with Gasteiger partial charge in [0.1, 0.15) is 5.15 Å². The first-order valence-electron chi connectivity index (χ1n) is 10.6. The number of carbonyl (C=O) groups excluding carboxylic acids is 1. The van der Waals surface area contributed by atoms with Crippen LogP contribution in [0.2, 0.25) is 15.2 Å². The van der Waals surface area contributed by atoms with Gasteiger partial charge in [-0.2, -0.15) is 13.2 Å². The van der Waals surface area contributed by atoms with Crippen molar-refractivity contribution >= 4 is 46.7 Å². The van der Waals surface area contributed by atoms with E-state index in [2.05, 4.69) is 4.98 Å². The molecule has 35 heavy (non-hydrogen) atoms. The molecule has 0 spiro atoms. The van der Waals surface area contributed by atoms with Crippen LogP contribution in [0.1, 0.15) is 51.4 Å². The molecule has 3 aromatic rings. The van der Waals surface area contributed by atoms with Gasteiger partial charge in [-0.25, -0.2) is 9.37 Å². The highest BCUT2D eigenvalue weighted by Gasteiger charge is 2.39. The maximum atomic E-state index is 13.7. The highest BCUT2D eigenvalue weighted by atomic mass is 35.5. The van der Waals surface area contributed by atoms with Crippen molar-refractivity contribution < 1.29 is 22.4 Å². The molecule has 0 aliphatic heterocycles. The van der Waals surface area contributed by atoms with Crippen LogP contribution in [0.4, 0.5) is 17.6 Å². The zero-order valence-electron chi connectivity index (χ0n) is 18.5. The third kappa shape index (κ3) is 7.29. The van der Waals surface area contributed by atoms with E-state index in [4.69, 9.17) is 34.8 Å². The van der Waals surface area contributed by atoms with E-state index in [0.717, 1.165) is 23.8 Å². The topological polar surface area (TPSA) is 30.0 Å². The molecule has 184 valence electrons. The number of benzene rings is 2. The molecule has 0 fully saturated rings.